The summed E-state index contributed by atoms with van der Waals surface area (Å²) in [7, 11) is 0. The molecule has 0 spiro atoms. The van der Waals surface area contributed by atoms with Crippen molar-refractivity contribution in [3.8, 4) is 0 Å². The summed E-state index contributed by atoms with van der Waals surface area (Å²) in [4.78, 5) is 22.8. The largest absolute Gasteiger partial charge is 0.481 e. The molecule has 6 unspecified atom stereocenters. The first-order chi connectivity index (χ1) is 9.93. The molecule has 2 bridgehead atoms. The highest BCUT2D eigenvalue weighted by Gasteiger charge is 2.59. The van der Waals surface area contributed by atoms with Crippen molar-refractivity contribution < 1.29 is 19.8 Å². The highest BCUT2D eigenvalue weighted by Crippen LogP contribution is 2.56. The second-order valence-corrected chi connectivity index (χ2v) is 6.69. The molecule has 3 rings (SSSR count). The Morgan fingerprint density at radius 3 is 2.24 bits per heavy atom. The van der Waals surface area contributed by atoms with Crippen LogP contribution in [0.15, 0.2) is 12.2 Å². The zero-order valence-electron chi connectivity index (χ0n) is 11.8. The molecule has 0 radical (unpaired) electrons. The van der Waals surface area contributed by atoms with Gasteiger partial charge in [0, 0.05) is 12.1 Å². The van der Waals surface area contributed by atoms with Gasteiger partial charge in [-0.2, -0.15) is 0 Å². The van der Waals surface area contributed by atoms with Crippen LogP contribution in [-0.4, -0.2) is 34.2 Å². The lowest BCUT2D eigenvalue weighted by atomic mass is 9.71. The van der Waals surface area contributed by atoms with E-state index in [4.69, 9.17) is 11.5 Å². The minimum Gasteiger partial charge on any atom is -0.481 e. The molecule has 0 aromatic heterocycles. The first kappa shape index (κ1) is 14.5. The molecule has 3 aliphatic rings. The summed E-state index contributed by atoms with van der Waals surface area (Å²) in [6, 6.07) is -0.794. The Bertz CT molecular complexity index is 492. The van der Waals surface area contributed by atoms with Gasteiger partial charge in [0.15, 0.2) is 0 Å². The number of hydrogen-bond donors (Lipinski definition) is 4. The molecule has 0 aliphatic heterocycles. The van der Waals surface area contributed by atoms with Crippen molar-refractivity contribution in [1.29, 1.82) is 0 Å². The van der Waals surface area contributed by atoms with Crippen molar-refractivity contribution in [2.24, 2.45) is 47.0 Å². The third-order valence-electron chi connectivity index (χ3n) is 5.90. The summed E-state index contributed by atoms with van der Waals surface area (Å²) >= 11 is 0. The molecule has 2 saturated carbocycles. The third-order valence-corrected chi connectivity index (χ3v) is 5.90. The third kappa shape index (κ3) is 2.08. The number of nitrogens with two attached hydrogens (primary N) is 2. The summed E-state index contributed by atoms with van der Waals surface area (Å²) < 4.78 is 0. The van der Waals surface area contributed by atoms with E-state index in [0.29, 0.717) is 6.42 Å². The fourth-order valence-electron chi connectivity index (χ4n) is 5.01. The van der Waals surface area contributed by atoms with E-state index in [1.807, 2.05) is 12.2 Å². The molecule has 2 fully saturated rings. The fourth-order valence-corrected chi connectivity index (χ4v) is 5.01. The maximum absolute atomic E-state index is 11.5. The van der Waals surface area contributed by atoms with Crippen LogP contribution in [0.5, 0.6) is 0 Å². The van der Waals surface area contributed by atoms with Crippen molar-refractivity contribution in [2.75, 3.05) is 0 Å². The predicted molar refractivity (Wildman–Crippen MR) is 75.2 cm³/mol. The fraction of sp³-hybridized carbons (Fsp3) is 0.733. The average Bonchev–Trinajstić information content (AvgIpc) is 2.93. The maximum Gasteiger partial charge on any atom is 0.308 e. The molecule has 0 heterocycles. The van der Waals surface area contributed by atoms with Crippen LogP contribution in [0.3, 0.4) is 0 Å². The topological polar surface area (TPSA) is 127 Å². The molecule has 6 nitrogen and oxygen atoms in total. The quantitative estimate of drug-likeness (QED) is 0.554. The van der Waals surface area contributed by atoms with Crippen LogP contribution in [0.2, 0.25) is 0 Å². The Balaban J connectivity index is 1.87. The van der Waals surface area contributed by atoms with E-state index in [-0.39, 0.29) is 29.7 Å². The van der Waals surface area contributed by atoms with Crippen molar-refractivity contribution in [2.45, 2.75) is 31.3 Å². The number of hydrogen-bond acceptors (Lipinski definition) is 4. The van der Waals surface area contributed by atoms with Crippen LogP contribution in [-0.2, 0) is 9.59 Å². The zero-order chi connectivity index (χ0) is 15.3. The number of fused-ring (bicyclic) bond motifs is 2. The molecular formula is C15H22N2O4. The van der Waals surface area contributed by atoms with Crippen molar-refractivity contribution in [3.63, 3.8) is 0 Å². The zero-order valence-corrected chi connectivity index (χ0v) is 11.8. The molecule has 8 atom stereocenters. The van der Waals surface area contributed by atoms with Gasteiger partial charge in [-0.25, -0.2) is 0 Å². The van der Waals surface area contributed by atoms with Crippen LogP contribution in [0.25, 0.3) is 0 Å². The van der Waals surface area contributed by atoms with E-state index in [0.717, 1.165) is 12.8 Å². The van der Waals surface area contributed by atoms with Crippen molar-refractivity contribution >= 4 is 11.9 Å². The summed E-state index contributed by atoms with van der Waals surface area (Å²) in [5.74, 6) is -2.61. The highest BCUT2D eigenvalue weighted by atomic mass is 16.4. The van der Waals surface area contributed by atoms with Crippen LogP contribution in [0.4, 0.5) is 0 Å². The molecule has 21 heavy (non-hydrogen) atoms. The van der Waals surface area contributed by atoms with Crippen LogP contribution in [0, 0.1) is 35.5 Å². The van der Waals surface area contributed by atoms with Gasteiger partial charge >= 0.3 is 11.9 Å². The Kier molecular flexibility index (Phi) is 3.53. The SMILES string of the molecule is NC1C2CCC(C1C(=O)O)C2C1C=CC[C@@H](C(=O)O)[C@H]1N. The number of carboxylic acids is 2. The van der Waals surface area contributed by atoms with E-state index in [2.05, 4.69) is 0 Å². The van der Waals surface area contributed by atoms with E-state index in [1.165, 1.54) is 0 Å². The first-order valence-electron chi connectivity index (χ1n) is 7.57. The minimum atomic E-state index is -0.874. The Morgan fingerprint density at radius 2 is 1.67 bits per heavy atom. The van der Waals surface area contributed by atoms with Gasteiger partial charge < -0.3 is 21.7 Å². The monoisotopic (exact) mass is 294 g/mol. The lowest BCUT2D eigenvalue weighted by molar-refractivity contribution is -0.145. The summed E-state index contributed by atoms with van der Waals surface area (Å²) in [6.07, 6.45) is 6.11. The second kappa shape index (κ2) is 5.10. The average molecular weight is 294 g/mol. The normalized spacial score (nSPS) is 48.5. The molecule has 6 heteroatoms. The van der Waals surface area contributed by atoms with E-state index >= 15 is 0 Å². The van der Waals surface area contributed by atoms with Crippen molar-refractivity contribution in [3.05, 3.63) is 12.2 Å². The molecule has 0 saturated heterocycles. The standard InChI is InChI=1S/C15H22N2O4/c16-12-7(2-1-3-9(12)14(18)19)10-6-4-5-8(10)13(17)11(6)15(20)21/h1-2,6-13H,3-5,16-17H2,(H,18,19)(H,20,21)/t6?,7?,8?,9-,10?,11?,12+,13?/m1/s1. The molecule has 0 amide bonds. The Morgan fingerprint density at radius 1 is 1.00 bits per heavy atom. The highest BCUT2D eigenvalue weighted by molar-refractivity contribution is 5.73. The van der Waals surface area contributed by atoms with E-state index in [9.17, 15) is 19.8 Å². The number of rotatable bonds is 3. The summed E-state index contributed by atoms with van der Waals surface area (Å²) in [5, 5.41) is 18.7. The number of allylic oxidation sites excluding steroid dienone is 1. The number of aliphatic carboxylic acids is 2. The van der Waals surface area contributed by atoms with Gasteiger partial charge in [-0.15, -0.1) is 0 Å². The van der Waals surface area contributed by atoms with Gasteiger partial charge in [0.05, 0.1) is 11.8 Å². The molecule has 6 N–H and O–H groups in total. The van der Waals surface area contributed by atoms with Gasteiger partial charge in [-0.1, -0.05) is 12.2 Å². The second-order valence-electron chi connectivity index (χ2n) is 6.69. The van der Waals surface area contributed by atoms with Gasteiger partial charge in [-0.05, 0) is 42.9 Å². The van der Waals surface area contributed by atoms with E-state index in [1.54, 1.807) is 0 Å². The van der Waals surface area contributed by atoms with Crippen LogP contribution >= 0.6 is 0 Å². The van der Waals surface area contributed by atoms with Gasteiger partial charge in [-0.3, -0.25) is 9.59 Å². The number of carboxylic acid groups (broad SMARTS) is 2. The molecule has 116 valence electrons. The van der Waals surface area contributed by atoms with Gasteiger partial charge in [0.1, 0.15) is 0 Å². The lowest BCUT2D eigenvalue weighted by Crippen LogP contribution is -2.46. The Labute approximate surface area is 123 Å². The summed E-state index contributed by atoms with van der Waals surface area (Å²) in [5.41, 5.74) is 12.3. The van der Waals surface area contributed by atoms with Gasteiger partial charge in [0.25, 0.3) is 0 Å². The lowest BCUT2D eigenvalue weighted by Gasteiger charge is -2.35. The van der Waals surface area contributed by atoms with Crippen molar-refractivity contribution in [1.82, 2.24) is 0 Å². The first-order valence-corrected chi connectivity index (χ1v) is 7.57. The van der Waals surface area contributed by atoms with Gasteiger partial charge in [0.2, 0.25) is 0 Å². The molecule has 0 aromatic rings. The predicted octanol–water partition coefficient (Wildman–Crippen LogP) is 0.275. The molecule has 3 aliphatic carbocycles. The smallest absolute Gasteiger partial charge is 0.308 e. The molecule has 0 aromatic carbocycles. The van der Waals surface area contributed by atoms with Crippen LogP contribution in [0.1, 0.15) is 19.3 Å². The number of carbonyl (C=O) groups is 2. The van der Waals surface area contributed by atoms with E-state index < -0.39 is 29.8 Å². The van der Waals surface area contributed by atoms with Crippen LogP contribution < -0.4 is 11.5 Å². The minimum absolute atomic E-state index is 0.0238. The maximum atomic E-state index is 11.5. The Hall–Kier alpha value is -1.40. The molecular weight excluding hydrogens is 272 g/mol. The summed E-state index contributed by atoms with van der Waals surface area (Å²) in [6.45, 7) is 0.